The van der Waals surface area contributed by atoms with Crippen LogP contribution in [0.3, 0.4) is 0 Å². The molecule has 0 aliphatic rings. The molecule has 0 saturated carbocycles. The molecule has 0 aliphatic carbocycles. The Labute approximate surface area is 131 Å². The zero-order valence-corrected chi connectivity index (χ0v) is 13.5. The lowest BCUT2D eigenvalue weighted by Gasteiger charge is -2.14. The van der Waals surface area contributed by atoms with Crippen molar-refractivity contribution in [1.82, 2.24) is 15.1 Å². The Bertz CT molecular complexity index is 585. The van der Waals surface area contributed by atoms with Crippen LogP contribution in [0, 0.1) is 0 Å². The highest BCUT2D eigenvalue weighted by Gasteiger charge is 2.13. The normalized spacial score (nSPS) is 10.5. The van der Waals surface area contributed by atoms with Crippen molar-refractivity contribution >= 4 is 0 Å². The van der Waals surface area contributed by atoms with Gasteiger partial charge in [0, 0.05) is 25.8 Å². The van der Waals surface area contributed by atoms with Gasteiger partial charge >= 0.3 is 0 Å². The zero-order valence-electron chi connectivity index (χ0n) is 13.5. The number of methoxy groups -OCH3 is 3. The van der Waals surface area contributed by atoms with Gasteiger partial charge in [0.2, 0.25) is 5.75 Å². The Morgan fingerprint density at radius 2 is 1.73 bits per heavy atom. The third-order valence-electron chi connectivity index (χ3n) is 3.46. The molecule has 1 aromatic carbocycles. The molecular weight excluding hydrogens is 282 g/mol. The van der Waals surface area contributed by atoms with Crippen molar-refractivity contribution < 1.29 is 14.2 Å². The van der Waals surface area contributed by atoms with Crippen molar-refractivity contribution in [1.29, 1.82) is 0 Å². The lowest BCUT2D eigenvalue weighted by Crippen LogP contribution is -2.16. The highest BCUT2D eigenvalue weighted by Crippen LogP contribution is 2.38. The molecule has 0 atom stereocenters. The van der Waals surface area contributed by atoms with E-state index in [2.05, 4.69) is 17.3 Å². The summed E-state index contributed by atoms with van der Waals surface area (Å²) in [5, 5.41) is 7.66. The van der Waals surface area contributed by atoms with Gasteiger partial charge in [0.15, 0.2) is 11.5 Å². The van der Waals surface area contributed by atoms with Crippen LogP contribution in [-0.4, -0.2) is 31.1 Å². The summed E-state index contributed by atoms with van der Waals surface area (Å²) < 4.78 is 18.0. The maximum Gasteiger partial charge on any atom is 0.203 e. The fourth-order valence-corrected chi connectivity index (χ4v) is 2.37. The predicted molar refractivity (Wildman–Crippen MR) is 84.5 cm³/mol. The molecule has 1 heterocycles. The summed E-state index contributed by atoms with van der Waals surface area (Å²) in [6, 6.07) is 5.92. The summed E-state index contributed by atoms with van der Waals surface area (Å²) in [7, 11) is 4.84. The zero-order chi connectivity index (χ0) is 15.9. The lowest BCUT2D eigenvalue weighted by molar-refractivity contribution is 0.323. The monoisotopic (exact) mass is 305 g/mol. The average Bonchev–Trinajstić information content (AvgIpc) is 3.01. The van der Waals surface area contributed by atoms with E-state index >= 15 is 0 Å². The van der Waals surface area contributed by atoms with Crippen molar-refractivity contribution in [2.75, 3.05) is 21.3 Å². The Kier molecular flexibility index (Phi) is 5.66. The number of nitrogens with one attached hydrogen (secondary N) is 1. The average molecular weight is 305 g/mol. The van der Waals surface area contributed by atoms with E-state index in [-0.39, 0.29) is 0 Å². The van der Waals surface area contributed by atoms with Crippen LogP contribution in [-0.2, 0) is 19.6 Å². The first-order chi connectivity index (χ1) is 10.7. The van der Waals surface area contributed by atoms with Gasteiger partial charge in [0.05, 0.1) is 27.0 Å². The number of hydrogen-bond acceptors (Lipinski definition) is 5. The molecule has 0 spiro atoms. The number of benzene rings is 1. The molecule has 0 saturated heterocycles. The van der Waals surface area contributed by atoms with Crippen LogP contribution < -0.4 is 19.5 Å². The summed E-state index contributed by atoms with van der Waals surface area (Å²) in [6.07, 6.45) is 1.82. The van der Waals surface area contributed by atoms with Crippen LogP contribution in [0.1, 0.15) is 18.2 Å². The van der Waals surface area contributed by atoms with Gasteiger partial charge in [-0.05, 0) is 30.7 Å². The van der Waals surface area contributed by atoms with E-state index in [0.717, 1.165) is 24.3 Å². The SMILES string of the molecule is CCn1nccc1CNCc1cc(OC)c(OC)c(OC)c1. The van der Waals surface area contributed by atoms with Gasteiger partial charge in [0.1, 0.15) is 0 Å². The number of ether oxygens (including phenoxy) is 3. The summed E-state index contributed by atoms with van der Waals surface area (Å²) in [6.45, 7) is 4.40. The molecule has 2 rings (SSSR count). The maximum absolute atomic E-state index is 5.36. The molecule has 0 radical (unpaired) electrons. The third-order valence-corrected chi connectivity index (χ3v) is 3.46. The standard InChI is InChI=1S/C16H23N3O3/c1-5-19-13(6-7-18-19)11-17-10-12-8-14(20-2)16(22-4)15(9-12)21-3/h6-9,17H,5,10-11H2,1-4H3. The second-order valence-corrected chi connectivity index (χ2v) is 4.78. The molecule has 1 N–H and O–H groups in total. The molecule has 120 valence electrons. The summed E-state index contributed by atoms with van der Waals surface area (Å²) in [4.78, 5) is 0. The van der Waals surface area contributed by atoms with Crippen molar-refractivity contribution in [2.24, 2.45) is 0 Å². The molecule has 22 heavy (non-hydrogen) atoms. The van der Waals surface area contributed by atoms with E-state index in [9.17, 15) is 0 Å². The number of aryl methyl sites for hydroxylation is 1. The van der Waals surface area contributed by atoms with Crippen molar-refractivity contribution in [3.8, 4) is 17.2 Å². The van der Waals surface area contributed by atoms with Gasteiger partial charge in [-0.25, -0.2) is 0 Å². The first-order valence-electron chi connectivity index (χ1n) is 7.23. The second kappa shape index (κ2) is 7.70. The van der Waals surface area contributed by atoms with E-state index in [4.69, 9.17) is 14.2 Å². The minimum Gasteiger partial charge on any atom is -0.493 e. The number of rotatable bonds is 8. The summed E-state index contributed by atoms with van der Waals surface area (Å²) >= 11 is 0. The highest BCUT2D eigenvalue weighted by molar-refractivity contribution is 5.53. The van der Waals surface area contributed by atoms with E-state index < -0.39 is 0 Å². The Morgan fingerprint density at radius 1 is 1.05 bits per heavy atom. The molecule has 6 nitrogen and oxygen atoms in total. The molecule has 0 unspecified atom stereocenters. The first kappa shape index (κ1) is 16.2. The van der Waals surface area contributed by atoms with Crippen LogP contribution in [0.5, 0.6) is 17.2 Å². The number of aromatic nitrogens is 2. The van der Waals surface area contributed by atoms with Gasteiger partial charge in [-0.1, -0.05) is 0 Å². The minimum atomic E-state index is 0.609. The smallest absolute Gasteiger partial charge is 0.203 e. The van der Waals surface area contributed by atoms with Crippen molar-refractivity contribution in [3.05, 3.63) is 35.7 Å². The molecule has 1 aromatic heterocycles. The van der Waals surface area contributed by atoms with E-state index in [1.807, 2.05) is 29.1 Å². The highest BCUT2D eigenvalue weighted by atomic mass is 16.5. The predicted octanol–water partition coefficient (Wildman–Crippen LogP) is 2.22. The second-order valence-electron chi connectivity index (χ2n) is 4.78. The van der Waals surface area contributed by atoms with Crippen LogP contribution in [0.15, 0.2) is 24.4 Å². The van der Waals surface area contributed by atoms with Crippen LogP contribution in [0.25, 0.3) is 0 Å². The maximum atomic E-state index is 5.36. The van der Waals surface area contributed by atoms with Crippen molar-refractivity contribution in [2.45, 2.75) is 26.6 Å². The topological polar surface area (TPSA) is 57.5 Å². The molecule has 2 aromatic rings. The van der Waals surface area contributed by atoms with Gasteiger partial charge in [-0.2, -0.15) is 5.10 Å². The molecule has 0 aliphatic heterocycles. The number of nitrogens with zero attached hydrogens (tertiary/aromatic N) is 2. The summed E-state index contributed by atoms with van der Waals surface area (Å²) in [5.41, 5.74) is 2.23. The first-order valence-corrected chi connectivity index (χ1v) is 7.23. The van der Waals surface area contributed by atoms with Gasteiger partial charge in [-0.3, -0.25) is 4.68 Å². The Hall–Kier alpha value is -2.21. The molecular formula is C16H23N3O3. The lowest BCUT2D eigenvalue weighted by atomic mass is 10.1. The van der Waals surface area contributed by atoms with Crippen LogP contribution in [0.2, 0.25) is 0 Å². The van der Waals surface area contributed by atoms with Crippen LogP contribution in [0.4, 0.5) is 0 Å². The fraction of sp³-hybridized carbons (Fsp3) is 0.438. The van der Waals surface area contributed by atoms with Gasteiger partial charge < -0.3 is 19.5 Å². The third kappa shape index (κ3) is 3.51. The van der Waals surface area contributed by atoms with E-state index in [0.29, 0.717) is 23.8 Å². The minimum absolute atomic E-state index is 0.609. The Balaban J connectivity index is 2.06. The molecule has 0 fully saturated rings. The van der Waals surface area contributed by atoms with Gasteiger partial charge in [0.25, 0.3) is 0 Å². The Morgan fingerprint density at radius 3 is 2.27 bits per heavy atom. The quantitative estimate of drug-likeness (QED) is 0.810. The largest absolute Gasteiger partial charge is 0.493 e. The number of hydrogen-bond donors (Lipinski definition) is 1. The summed E-state index contributed by atoms with van der Waals surface area (Å²) in [5.74, 6) is 1.94. The molecule has 0 amide bonds. The van der Waals surface area contributed by atoms with E-state index in [1.165, 1.54) is 0 Å². The fourth-order valence-electron chi connectivity index (χ4n) is 2.37. The van der Waals surface area contributed by atoms with Crippen molar-refractivity contribution in [3.63, 3.8) is 0 Å². The van der Waals surface area contributed by atoms with Crippen LogP contribution >= 0.6 is 0 Å². The van der Waals surface area contributed by atoms with Gasteiger partial charge in [-0.15, -0.1) is 0 Å². The molecule has 6 heteroatoms. The molecule has 0 bridgehead atoms. The van der Waals surface area contributed by atoms with E-state index in [1.54, 1.807) is 21.3 Å².